The van der Waals surface area contributed by atoms with Gasteiger partial charge in [-0.25, -0.2) is 4.79 Å². The van der Waals surface area contributed by atoms with Gasteiger partial charge in [0.25, 0.3) is 0 Å². The van der Waals surface area contributed by atoms with Crippen LogP contribution >= 0.6 is 0 Å². The molecule has 4 aliphatic rings. The number of Topliss-reactive ketones (excluding diaryl/α,β-unsaturated/α-hetero) is 1. The van der Waals surface area contributed by atoms with Crippen molar-refractivity contribution in [1.29, 1.82) is 0 Å². The van der Waals surface area contributed by atoms with Crippen LogP contribution in [0, 0.1) is 0 Å². The molecule has 61 heavy (non-hydrogen) atoms. The quantitative estimate of drug-likeness (QED) is 0.0905. The summed E-state index contributed by atoms with van der Waals surface area (Å²) in [5, 5.41) is 70.1. The molecule has 6 rings (SSSR count). The molecule has 0 aromatic heterocycles. The summed E-state index contributed by atoms with van der Waals surface area (Å²) < 4.78 is 23.0. The number of aliphatic carboxylic acids is 1. The first-order chi connectivity index (χ1) is 28.6. The molecule has 0 bridgehead atoms. The first-order valence-electron chi connectivity index (χ1n) is 20.5. The molecule has 334 valence electrons. The number of carboxylic acids is 1. The number of fused-ring (bicyclic) bond motifs is 3. The van der Waals surface area contributed by atoms with Crippen molar-refractivity contribution in [1.82, 2.24) is 10.4 Å². The van der Waals surface area contributed by atoms with Crippen molar-refractivity contribution in [2.45, 2.75) is 146 Å². The van der Waals surface area contributed by atoms with Gasteiger partial charge < -0.3 is 54.9 Å². The monoisotopic (exact) mass is 856 g/mol. The van der Waals surface area contributed by atoms with Crippen molar-refractivity contribution in [3.05, 3.63) is 51.6 Å². The summed E-state index contributed by atoms with van der Waals surface area (Å²) in [6.07, 6.45) is -5.86. The number of phenols is 2. The zero-order valence-electron chi connectivity index (χ0n) is 35.2. The van der Waals surface area contributed by atoms with Gasteiger partial charge in [0.1, 0.15) is 41.7 Å². The van der Waals surface area contributed by atoms with Crippen molar-refractivity contribution in [3.63, 3.8) is 0 Å². The highest BCUT2D eigenvalue weighted by Gasteiger charge is 2.51. The predicted octanol–water partition coefficient (Wildman–Crippen LogP) is 3.37. The third kappa shape index (κ3) is 8.98. The minimum absolute atomic E-state index is 0.0402. The maximum atomic E-state index is 14.0. The number of carbonyl (C=O) groups excluding carboxylic acids is 4. The second-order valence-electron chi connectivity index (χ2n) is 17.6. The molecule has 2 fully saturated rings. The number of alkyl carbamates (subject to hydrolysis) is 1. The van der Waals surface area contributed by atoms with E-state index in [1.165, 1.54) is 32.2 Å². The second kappa shape index (κ2) is 17.6. The third-order valence-corrected chi connectivity index (χ3v) is 12.3. The van der Waals surface area contributed by atoms with Crippen molar-refractivity contribution in [2.24, 2.45) is 0 Å². The molecular weight excluding hydrogens is 800 g/mol. The molecule has 2 heterocycles. The largest absolute Gasteiger partial charge is 0.507 e. The third-order valence-electron chi connectivity index (χ3n) is 12.3. The van der Waals surface area contributed by atoms with Gasteiger partial charge in [0.05, 0.1) is 55.1 Å². The summed E-state index contributed by atoms with van der Waals surface area (Å²) in [5.74, 6) is -5.44. The molecule has 2 unspecified atom stereocenters. The lowest BCUT2D eigenvalue weighted by Gasteiger charge is -2.51. The number of aliphatic hydroxyl groups is 3. The highest BCUT2D eigenvalue weighted by atomic mass is 16.7. The first kappa shape index (κ1) is 45.8. The number of aliphatic hydroxyl groups excluding tert-OH is 2. The van der Waals surface area contributed by atoms with E-state index in [9.17, 15) is 54.6 Å². The lowest BCUT2D eigenvalue weighted by Crippen LogP contribution is -2.58. The molecule has 2 aromatic carbocycles. The number of piperidine rings is 1. The van der Waals surface area contributed by atoms with Gasteiger partial charge in [-0.1, -0.05) is 12.1 Å². The number of carbonyl (C=O) groups is 5. The van der Waals surface area contributed by atoms with Crippen LogP contribution in [0.3, 0.4) is 0 Å². The molecular formula is C43H56N2O16. The van der Waals surface area contributed by atoms with Crippen LogP contribution in [0.1, 0.15) is 135 Å². The Kier molecular flexibility index (Phi) is 13.2. The normalized spacial score (nSPS) is 27.3. The van der Waals surface area contributed by atoms with E-state index >= 15 is 0 Å². The number of hydrogen-bond donors (Lipinski definition) is 7. The van der Waals surface area contributed by atoms with Gasteiger partial charge in [-0.05, 0) is 72.8 Å². The molecule has 2 aliphatic carbocycles. The van der Waals surface area contributed by atoms with Gasteiger partial charge in [-0.3, -0.25) is 24.0 Å². The summed E-state index contributed by atoms with van der Waals surface area (Å²) in [6.45, 7) is 9.04. The zero-order chi connectivity index (χ0) is 44.8. The van der Waals surface area contributed by atoms with E-state index in [4.69, 9.17) is 23.8 Å². The second-order valence-corrected chi connectivity index (χ2v) is 17.6. The fourth-order valence-electron chi connectivity index (χ4n) is 9.39. The predicted molar refractivity (Wildman–Crippen MR) is 212 cm³/mol. The molecule has 7 N–H and O–H groups in total. The molecule has 0 spiro atoms. The topological polar surface area (TPSA) is 268 Å². The minimum atomic E-state index is -2.39. The van der Waals surface area contributed by atoms with Crippen LogP contribution < -0.4 is 10.1 Å². The number of ether oxygens (including phenoxy) is 4. The fourth-order valence-corrected chi connectivity index (χ4v) is 9.39. The van der Waals surface area contributed by atoms with Gasteiger partial charge in [0.2, 0.25) is 5.78 Å². The molecule has 7 atom stereocenters. The Hall–Kier alpha value is -4.69. The molecule has 0 saturated carbocycles. The van der Waals surface area contributed by atoms with Crippen molar-refractivity contribution in [2.75, 3.05) is 20.3 Å². The highest BCUT2D eigenvalue weighted by molar-refractivity contribution is 6.31. The van der Waals surface area contributed by atoms with Crippen LogP contribution in [0.15, 0.2) is 18.2 Å². The van der Waals surface area contributed by atoms with E-state index < -0.39 is 120 Å². The Morgan fingerprint density at radius 1 is 1.02 bits per heavy atom. The molecule has 2 saturated heterocycles. The number of rotatable bonds is 14. The molecule has 0 radical (unpaired) electrons. The maximum Gasteiger partial charge on any atom is 0.407 e. The molecule has 18 nitrogen and oxygen atoms in total. The van der Waals surface area contributed by atoms with E-state index in [1.807, 2.05) is 5.06 Å². The van der Waals surface area contributed by atoms with E-state index in [2.05, 4.69) is 33.0 Å². The zero-order valence-corrected chi connectivity index (χ0v) is 35.2. The van der Waals surface area contributed by atoms with Crippen LogP contribution in [0.5, 0.6) is 17.2 Å². The number of hydroxylamine groups is 2. The number of nitrogens with zero attached hydrogens (tertiary/aromatic N) is 1. The number of hydrogen-bond acceptors (Lipinski definition) is 16. The van der Waals surface area contributed by atoms with Crippen LogP contribution in [-0.2, 0) is 35.1 Å². The summed E-state index contributed by atoms with van der Waals surface area (Å²) >= 11 is 0. The SMILES string of the molecule is COc1cccc2c1C(=O)c1c(O)c3c(c(O)c1C2=O)CC(O)(C(=O)CO)C[C@H]3O[C@@H]1C[C@@H](NC(=O)OC(CCCON2C(C)(C)CCCC2(C)C)CC(=O)O)[C@@H](O)[C@@H](C)O1. The molecule has 2 aromatic rings. The van der Waals surface area contributed by atoms with Gasteiger partial charge in [0, 0.05) is 47.0 Å². The average Bonchev–Trinajstić information content (AvgIpc) is 3.18. The number of phenolic OH excluding ortho intramolecular Hbond substituents is 2. The summed E-state index contributed by atoms with van der Waals surface area (Å²) in [7, 11) is 1.29. The summed E-state index contributed by atoms with van der Waals surface area (Å²) in [4.78, 5) is 72.0. The number of nitrogens with one attached hydrogen (secondary N) is 1. The first-order valence-corrected chi connectivity index (χ1v) is 20.5. The van der Waals surface area contributed by atoms with Crippen LogP contribution in [0.4, 0.5) is 4.79 Å². The standard InChI is InChI=1S/C43H56N2O16/c1-21-35(50)25(44-40(55)60-22(16-29(48)49)10-8-15-58-45-41(2,3)13-9-14-42(45,4)5)17-30(59-21)61-27-19-43(56,28(47)20-46)18-24-32(27)39(54)34-33(37(24)52)36(51)23-11-7-12-26(57-6)31(23)38(34)53/h7,11-12,21-22,25,27,30,35,46,50,52,54,56H,8-10,13-20H2,1-6H3,(H,44,55)(H,48,49)/t21-,22?,25-,27-,30-,35+,43?/m1/s1. The van der Waals surface area contributed by atoms with Crippen molar-refractivity contribution >= 4 is 29.4 Å². The fraction of sp³-hybridized carbons (Fsp3) is 0.605. The van der Waals surface area contributed by atoms with Gasteiger partial charge >= 0.3 is 12.1 Å². The molecule has 2 aliphatic heterocycles. The van der Waals surface area contributed by atoms with Crippen LogP contribution in [0.25, 0.3) is 0 Å². The van der Waals surface area contributed by atoms with E-state index in [0.29, 0.717) is 6.42 Å². The van der Waals surface area contributed by atoms with Gasteiger partial charge in [-0.2, -0.15) is 5.06 Å². The number of benzene rings is 2. The Morgan fingerprint density at radius 2 is 1.69 bits per heavy atom. The lowest BCUT2D eigenvalue weighted by atomic mass is 9.72. The van der Waals surface area contributed by atoms with E-state index in [1.54, 1.807) is 0 Å². The smallest absolute Gasteiger partial charge is 0.407 e. The molecule has 1 amide bonds. The van der Waals surface area contributed by atoms with Crippen LogP contribution in [-0.4, -0.2) is 133 Å². The van der Waals surface area contributed by atoms with Crippen molar-refractivity contribution in [3.8, 4) is 17.2 Å². The Balaban J connectivity index is 1.20. The van der Waals surface area contributed by atoms with Gasteiger partial charge in [-0.15, -0.1) is 0 Å². The Labute approximate surface area is 352 Å². The number of carboxylic acid groups (broad SMARTS) is 1. The number of ketones is 3. The number of aromatic hydroxyl groups is 2. The van der Waals surface area contributed by atoms with E-state index in [-0.39, 0.29) is 58.5 Å². The number of methoxy groups -OCH3 is 1. The van der Waals surface area contributed by atoms with Gasteiger partial charge in [0.15, 0.2) is 17.9 Å². The highest BCUT2D eigenvalue weighted by Crippen LogP contribution is 2.52. The summed E-state index contributed by atoms with van der Waals surface area (Å²) in [5.41, 5.74) is -4.69. The summed E-state index contributed by atoms with van der Waals surface area (Å²) in [6, 6.07) is 3.16. The lowest BCUT2D eigenvalue weighted by molar-refractivity contribution is -0.281. The van der Waals surface area contributed by atoms with Crippen LogP contribution in [0.2, 0.25) is 0 Å². The molecule has 18 heteroatoms. The average molecular weight is 857 g/mol. The van der Waals surface area contributed by atoms with Crippen molar-refractivity contribution < 1.29 is 78.4 Å². The van der Waals surface area contributed by atoms with E-state index in [0.717, 1.165) is 19.3 Å². The minimum Gasteiger partial charge on any atom is -0.507 e. The Morgan fingerprint density at radius 3 is 2.33 bits per heavy atom. The Bertz CT molecular complexity index is 2050. The number of amides is 1. The maximum absolute atomic E-state index is 14.0.